The van der Waals surface area contributed by atoms with Gasteiger partial charge in [0.1, 0.15) is 12.6 Å². The van der Waals surface area contributed by atoms with Crippen molar-refractivity contribution in [1.29, 1.82) is 0 Å². The molecule has 8 nitrogen and oxygen atoms in total. The van der Waals surface area contributed by atoms with Crippen molar-refractivity contribution in [3.8, 4) is 11.1 Å². The Hall–Kier alpha value is -4.12. The van der Waals surface area contributed by atoms with Gasteiger partial charge in [-0.25, -0.2) is 4.79 Å². The number of amides is 4. The fourth-order valence-electron chi connectivity index (χ4n) is 4.78. The number of carbonyl (C=O) groups is 3. The molecule has 202 valence electrons. The molecule has 2 heterocycles. The van der Waals surface area contributed by atoms with Gasteiger partial charge in [0.2, 0.25) is 5.91 Å². The van der Waals surface area contributed by atoms with Crippen LogP contribution in [0.3, 0.4) is 0 Å². The van der Waals surface area contributed by atoms with Crippen LogP contribution in [0.2, 0.25) is 5.02 Å². The second kappa shape index (κ2) is 9.57. The monoisotopic (exact) mass is 557 g/mol. The SMILES string of the molecule is C[C@H](N(Cc1ccc(Cl)cc1)C(=O)CN1C(=O)N[C@]2(C=Cc3cc(-c4cnn(C)c4)ccc32)C1=O)C(F)(F)F. The molecule has 39 heavy (non-hydrogen) atoms. The number of rotatable bonds is 6. The van der Waals surface area contributed by atoms with Gasteiger partial charge >= 0.3 is 12.2 Å². The zero-order chi connectivity index (χ0) is 28.1. The van der Waals surface area contributed by atoms with E-state index in [0.717, 1.165) is 18.1 Å². The number of carbonyl (C=O) groups excluding carboxylic acids is 3. The van der Waals surface area contributed by atoms with Gasteiger partial charge in [0, 0.05) is 30.4 Å². The Labute approximate surface area is 226 Å². The van der Waals surface area contributed by atoms with Crippen LogP contribution in [-0.4, -0.2) is 56.2 Å². The Morgan fingerprint density at radius 3 is 2.51 bits per heavy atom. The summed E-state index contributed by atoms with van der Waals surface area (Å²) in [4.78, 5) is 40.9. The maximum Gasteiger partial charge on any atom is 0.408 e. The molecule has 1 spiro atoms. The summed E-state index contributed by atoms with van der Waals surface area (Å²) in [5, 5.41) is 7.18. The molecule has 4 amide bonds. The largest absolute Gasteiger partial charge is 0.408 e. The molecule has 0 bridgehead atoms. The molecule has 2 aromatic carbocycles. The number of hydrogen-bond donors (Lipinski definition) is 1. The molecule has 0 radical (unpaired) electrons. The first-order valence-electron chi connectivity index (χ1n) is 12.0. The number of benzene rings is 2. The third-order valence-electron chi connectivity index (χ3n) is 6.98. The lowest BCUT2D eigenvalue weighted by Crippen LogP contribution is -2.51. The maximum atomic E-state index is 13.7. The molecule has 5 rings (SSSR count). The van der Waals surface area contributed by atoms with Crippen molar-refractivity contribution in [2.75, 3.05) is 6.54 Å². The molecular weight excluding hydrogens is 535 g/mol. The van der Waals surface area contributed by atoms with E-state index < -0.39 is 42.1 Å². The zero-order valence-electron chi connectivity index (χ0n) is 20.9. The van der Waals surface area contributed by atoms with E-state index in [1.165, 1.54) is 30.3 Å². The highest BCUT2D eigenvalue weighted by molar-refractivity contribution is 6.30. The Bertz CT molecular complexity index is 1500. The van der Waals surface area contributed by atoms with Crippen LogP contribution in [0.4, 0.5) is 18.0 Å². The summed E-state index contributed by atoms with van der Waals surface area (Å²) in [6, 6.07) is 8.34. The van der Waals surface area contributed by atoms with Gasteiger partial charge in [-0.3, -0.25) is 19.2 Å². The summed E-state index contributed by atoms with van der Waals surface area (Å²) in [6.45, 7) is -0.375. The van der Waals surface area contributed by atoms with E-state index in [9.17, 15) is 27.6 Å². The summed E-state index contributed by atoms with van der Waals surface area (Å²) in [7, 11) is 1.79. The first-order valence-corrected chi connectivity index (χ1v) is 12.3. The van der Waals surface area contributed by atoms with Crippen LogP contribution >= 0.6 is 11.6 Å². The van der Waals surface area contributed by atoms with Crippen molar-refractivity contribution in [3.05, 3.63) is 82.6 Å². The maximum absolute atomic E-state index is 13.7. The average Bonchev–Trinajstić information content (AvgIpc) is 3.55. The number of fused-ring (bicyclic) bond motifs is 2. The van der Waals surface area contributed by atoms with Gasteiger partial charge in [-0.1, -0.05) is 41.9 Å². The second-order valence-corrected chi connectivity index (χ2v) is 9.97. The predicted molar refractivity (Wildman–Crippen MR) is 137 cm³/mol. The number of nitrogens with zero attached hydrogens (tertiary/aromatic N) is 4. The molecule has 1 fully saturated rings. The highest BCUT2D eigenvalue weighted by Crippen LogP contribution is 2.40. The average molecular weight is 558 g/mol. The van der Waals surface area contributed by atoms with Gasteiger partial charge in [-0.15, -0.1) is 0 Å². The molecule has 0 unspecified atom stereocenters. The third-order valence-corrected chi connectivity index (χ3v) is 7.23. The quantitative estimate of drug-likeness (QED) is 0.452. The van der Waals surface area contributed by atoms with Crippen LogP contribution < -0.4 is 5.32 Å². The Morgan fingerprint density at radius 1 is 1.15 bits per heavy atom. The van der Waals surface area contributed by atoms with Gasteiger partial charge in [0.25, 0.3) is 5.91 Å². The number of aromatic nitrogens is 2. The molecule has 2 atom stereocenters. The van der Waals surface area contributed by atoms with Crippen molar-refractivity contribution in [3.63, 3.8) is 0 Å². The Balaban J connectivity index is 1.39. The molecule has 0 saturated carbocycles. The van der Waals surface area contributed by atoms with Gasteiger partial charge in [-0.05, 0) is 53.5 Å². The molecule has 1 aromatic heterocycles. The van der Waals surface area contributed by atoms with Crippen molar-refractivity contribution in [2.24, 2.45) is 7.05 Å². The first-order chi connectivity index (χ1) is 18.4. The minimum atomic E-state index is -4.72. The lowest BCUT2D eigenvalue weighted by Gasteiger charge is -2.32. The first kappa shape index (κ1) is 26.5. The summed E-state index contributed by atoms with van der Waals surface area (Å²) in [6.07, 6.45) is 2.03. The Morgan fingerprint density at radius 2 is 1.87 bits per heavy atom. The molecule has 1 N–H and O–H groups in total. The molecule has 3 aromatic rings. The summed E-state index contributed by atoms with van der Waals surface area (Å²) < 4.78 is 42.7. The number of aryl methyl sites for hydroxylation is 1. The van der Waals surface area contributed by atoms with Crippen molar-refractivity contribution < 1.29 is 27.6 Å². The molecular formula is C27H23ClF3N5O3. The standard InChI is InChI=1S/C27H23ClF3N5O3/c1-16(27(29,30)31)35(13-17-3-6-21(28)7-4-17)23(37)15-36-24(38)26(33-25(36)39)10-9-19-11-18(5-8-22(19)26)20-12-32-34(2)14-20/h3-12,14,16H,13,15H2,1-2H3,(H,33,39)/t16-,26-/m0/s1. The predicted octanol–water partition coefficient (Wildman–Crippen LogP) is 4.49. The van der Waals surface area contributed by atoms with Gasteiger partial charge < -0.3 is 10.2 Å². The van der Waals surface area contributed by atoms with Gasteiger partial charge in [0.15, 0.2) is 5.54 Å². The lowest BCUT2D eigenvalue weighted by molar-refractivity contribution is -0.187. The smallest absolute Gasteiger partial charge is 0.325 e. The topological polar surface area (TPSA) is 87.5 Å². The minimum Gasteiger partial charge on any atom is -0.325 e. The van der Waals surface area contributed by atoms with Crippen LogP contribution in [0.5, 0.6) is 0 Å². The summed E-state index contributed by atoms with van der Waals surface area (Å²) in [5.74, 6) is -1.76. The minimum absolute atomic E-state index is 0.384. The number of imide groups is 1. The van der Waals surface area contributed by atoms with Crippen LogP contribution in [0, 0.1) is 0 Å². The fraction of sp³-hybridized carbons (Fsp3) is 0.259. The van der Waals surface area contributed by atoms with Gasteiger partial charge in [0.05, 0.1) is 6.20 Å². The number of hydrogen-bond acceptors (Lipinski definition) is 4. The van der Waals surface area contributed by atoms with E-state index in [4.69, 9.17) is 11.6 Å². The highest BCUT2D eigenvalue weighted by Gasteiger charge is 2.54. The molecule has 2 aliphatic rings. The van der Waals surface area contributed by atoms with E-state index >= 15 is 0 Å². The van der Waals surface area contributed by atoms with E-state index in [-0.39, 0.29) is 6.54 Å². The Kier molecular flexibility index (Phi) is 6.50. The van der Waals surface area contributed by atoms with Crippen LogP contribution in [-0.2, 0) is 28.7 Å². The van der Waals surface area contributed by atoms with Crippen molar-refractivity contribution in [2.45, 2.75) is 31.2 Å². The number of urea groups is 1. The third kappa shape index (κ3) is 4.78. The van der Waals surface area contributed by atoms with E-state index in [1.807, 2.05) is 12.3 Å². The molecule has 1 saturated heterocycles. The number of nitrogens with one attached hydrogen (secondary N) is 1. The van der Waals surface area contributed by atoms with Crippen molar-refractivity contribution in [1.82, 2.24) is 24.9 Å². The second-order valence-electron chi connectivity index (χ2n) is 9.53. The highest BCUT2D eigenvalue weighted by atomic mass is 35.5. The van der Waals surface area contributed by atoms with E-state index in [2.05, 4.69) is 10.4 Å². The van der Waals surface area contributed by atoms with Crippen molar-refractivity contribution >= 4 is 35.5 Å². The van der Waals surface area contributed by atoms with Crippen LogP contribution in [0.1, 0.15) is 23.6 Å². The molecule has 1 aliphatic carbocycles. The molecule has 1 aliphatic heterocycles. The van der Waals surface area contributed by atoms with E-state index in [0.29, 0.717) is 31.5 Å². The summed E-state index contributed by atoms with van der Waals surface area (Å²) in [5.41, 5.74) is 1.78. The fourth-order valence-corrected chi connectivity index (χ4v) is 4.90. The molecule has 12 heteroatoms. The lowest BCUT2D eigenvalue weighted by atomic mass is 9.90. The number of halogens is 4. The number of alkyl halides is 3. The zero-order valence-corrected chi connectivity index (χ0v) is 21.6. The van der Waals surface area contributed by atoms with Crippen LogP contribution in [0.15, 0.2) is 60.9 Å². The van der Waals surface area contributed by atoms with E-state index in [1.54, 1.807) is 36.1 Å². The normalized spacial score (nSPS) is 19.0. The summed E-state index contributed by atoms with van der Waals surface area (Å²) >= 11 is 5.87. The van der Waals surface area contributed by atoms with Gasteiger partial charge in [-0.2, -0.15) is 18.3 Å². The van der Waals surface area contributed by atoms with Crippen LogP contribution in [0.25, 0.3) is 17.2 Å².